The molecule has 1 unspecified atom stereocenters. The van der Waals surface area contributed by atoms with Gasteiger partial charge in [-0.25, -0.2) is 4.98 Å². The van der Waals surface area contributed by atoms with Crippen molar-refractivity contribution in [3.63, 3.8) is 0 Å². The number of aromatic nitrogens is 3. The zero-order chi connectivity index (χ0) is 21.5. The number of nitrogens with zero attached hydrogens (tertiary/aromatic N) is 3. The molecule has 0 aliphatic heterocycles. The summed E-state index contributed by atoms with van der Waals surface area (Å²) < 4.78 is 44.7. The first-order chi connectivity index (χ1) is 14.2. The molecule has 0 saturated heterocycles. The second kappa shape index (κ2) is 7.49. The molecule has 3 heterocycles. The van der Waals surface area contributed by atoms with Crippen LogP contribution in [-0.4, -0.2) is 14.8 Å². The van der Waals surface area contributed by atoms with Crippen molar-refractivity contribution in [1.82, 2.24) is 14.8 Å². The van der Waals surface area contributed by atoms with Crippen LogP contribution in [0.2, 0.25) is 5.02 Å². The Hall–Kier alpha value is -3.33. The van der Waals surface area contributed by atoms with Gasteiger partial charge in [-0.15, -0.1) is 0 Å². The molecule has 10 heteroatoms. The van der Waals surface area contributed by atoms with Gasteiger partial charge in [0, 0.05) is 11.6 Å². The first-order valence-electron chi connectivity index (χ1n) is 8.80. The van der Waals surface area contributed by atoms with E-state index in [9.17, 15) is 18.0 Å². The summed E-state index contributed by atoms with van der Waals surface area (Å²) in [6.45, 7) is 1.83. The van der Waals surface area contributed by atoms with Crippen molar-refractivity contribution in [2.45, 2.75) is 19.1 Å². The Morgan fingerprint density at radius 1 is 1.17 bits per heavy atom. The molecule has 6 nitrogen and oxygen atoms in total. The Labute approximate surface area is 172 Å². The minimum absolute atomic E-state index is 0.0771. The van der Waals surface area contributed by atoms with E-state index in [1.807, 2.05) is 37.3 Å². The van der Waals surface area contributed by atoms with Crippen molar-refractivity contribution in [3.05, 3.63) is 81.6 Å². The Balaban J connectivity index is 1.60. The van der Waals surface area contributed by atoms with Gasteiger partial charge < -0.3 is 9.73 Å². The predicted molar refractivity (Wildman–Crippen MR) is 106 cm³/mol. The molecule has 4 rings (SSSR count). The normalized spacial score (nSPS) is 12.8. The molecular formula is C20H14ClF3N4O2. The molecule has 3 aromatic heterocycles. The van der Waals surface area contributed by atoms with Gasteiger partial charge in [0.2, 0.25) is 0 Å². The number of furan rings is 1. The minimum Gasteiger partial charge on any atom is -0.459 e. The maximum absolute atomic E-state index is 12.7. The standard InChI is InChI=1S/C20H14ClF3N4O2/c1-11(16-8-12-4-2-3-5-15(12)30-16)27-14-10-26-28(19(29)18(14)21)17-7-6-13(9-25-17)20(22,23)24/h2-11,27H,1H3. The SMILES string of the molecule is CC(Nc1cnn(-c2ccc(C(F)(F)F)cn2)c(=O)c1Cl)c1cc2ccccc2o1. The lowest BCUT2D eigenvalue weighted by atomic mass is 10.2. The lowest BCUT2D eigenvalue weighted by Crippen LogP contribution is -2.24. The third-order valence-electron chi connectivity index (χ3n) is 4.45. The van der Waals surface area contributed by atoms with Crippen molar-refractivity contribution in [1.29, 1.82) is 0 Å². The highest BCUT2D eigenvalue weighted by atomic mass is 35.5. The van der Waals surface area contributed by atoms with Crippen molar-refractivity contribution >= 4 is 28.3 Å². The first kappa shape index (κ1) is 20.0. The number of alkyl halides is 3. The van der Waals surface area contributed by atoms with Gasteiger partial charge in [-0.2, -0.15) is 23.0 Å². The summed E-state index contributed by atoms with van der Waals surface area (Å²) in [5.74, 6) is 0.563. The topological polar surface area (TPSA) is 73.0 Å². The third kappa shape index (κ3) is 3.76. The van der Waals surface area contributed by atoms with E-state index in [0.29, 0.717) is 12.0 Å². The van der Waals surface area contributed by atoms with Gasteiger partial charge >= 0.3 is 6.18 Å². The van der Waals surface area contributed by atoms with Crippen LogP contribution in [0.5, 0.6) is 0 Å². The van der Waals surface area contributed by atoms with Crippen LogP contribution < -0.4 is 10.9 Å². The largest absolute Gasteiger partial charge is 0.459 e. The zero-order valence-electron chi connectivity index (χ0n) is 15.4. The van der Waals surface area contributed by atoms with Crippen LogP contribution in [0.25, 0.3) is 16.8 Å². The zero-order valence-corrected chi connectivity index (χ0v) is 16.2. The summed E-state index contributed by atoms with van der Waals surface area (Å²) in [4.78, 5) is 16.2. The van der Waals surface area contributed by atoms with Gasteiger partial charge in [0.1, 0.15) is 16.4 Å². The van der Waals surface area contributed by atoms with Gasteiger partial charge in [0.25, 0.3) is 5.56 Å². The summed E-state index contributed by atoms with van der Waals surface area (Å²) in [5.41, 5.74) is -0.652. The van der Waals surface area contributed by atoms with Crippen LogP contribution in [0.15, 0.2) is 64.1 Å². The fraction of sp³-hybridized carbons (Fsp3) is 0.150. The van der Waals surface area contributed by atoms with E-state index in [1.165, 1.54) is 6.20 Å². The number of para-hydroxylation sites is 1. The van der Waals surface area contributed by atoms with Crippen LogP contribution in [0.1, 0.15) is 24.3 Å². The van der Waals surface area contributed by atoms with E-state index in [4.69, 9.17) is 16.0 Å². The van der Waals surface area contributed by atoms with E-state index in [-0.39, 0.29) is 22.6 Å². The van der Waals surface area contributed by atoms with Crippen LogP contribution in [0.3, 0.4) is 0 Å². The second-order valence-corrected chi connectivity index (χ2v) is 6.92. The monoisotopic (exact) mass is 434 g/mol. The molecule has 0 spiro atoms. The van der Waals surface area contributed by atoms with E-state index in [0.717, 1.165) is 27.8 Å². The van der Waals surface area contributed by atoms with Gasteiger partial charge in [-0.05, 0) is 31.2 Å². The maximum Gasteiger partial charge on any atom is 0.417 e. The highest BCUT2D eigenvalue weighted by Gasteiger charge is 2.30. The van der Waals surface area contributed by atoms with E-state index in [2.05, 4.69) is 15.4 Å². The molecule has 1 aromatic carbocycles. The molecule has 30 heavy (non-hydrogen) atoms. The molecule has 0 fully saturated rings. The predicted octanol–water partition coefficient (Wildman–Crippen LogP) is 5.22. The highest BCUT2D eigenvalue weighted by Crippen LogP contribution is 2.29. The van der Waals surface area contributed by atoms with E-state index in [1.54, 1.807) is 0 Å². The number of anilines is 1. The average Bonchev–Trinajstić information content (AvgIpc) is 3.15. The number of rotatable bonds is 4. The van der Waals surface area contributed by atoms with Crippen molar-refractivity contribution < 1.29 is 17.6 Å². The van der Waals surface area contributed by atoms with Crippen molar-refractivity contribution in [2.75, 3.05) is 5.32 Å². The molecule has 0 aliphatic carbocycles. The van der Waals surface area contributed by atoms with Gasteiger partial charge in [-0.3, -0.25) is 4.79 Å². The van der Waals surface area contributed by atoms with Crippen molar-refractivity contribution in [2.24, 2.45) is 0 Å². The molecule has 1 atom stereocenters. The van der Waals surface area contributed by atoms with E-state index >= 15 is 0 Å². The summed E-state index contributed by atoms with van der Waals surface area (Å²) in [6.07, 6.45) is -2.59. The quantitative estimate of drug-likeness (QED) is 0.477. The van der Waals surface area contributed by atoms with Crippen LogP contribution in [0.4, 0.5) is 18.9 Å². The Kier molecular flexibility index (Phi) is 4.98. The molecule has 4 aromatic rings. The number of nitrogens with one attached hydrogen (secondary N) is 1. The van der Waals surface area contributed by atoms with Gasteiger partial charge in [0.15, 0.2) is 5.82 Å². The maximum atomic E-state index is 12.7. The minimum atomic E-state index is -4.53. The van der Waals surface area contributed by atoms with Gasteiger partial charge in [-0.1, -0.05) is 29.8 Å². The summed E-state index contributed by atoms with van der Waals surface area (Å²) >= 11 is 6.19. The van der Waals surface area contributed by atoms with Crippen LogP contribution in [-0.2, 0) is 6.18 Å². The number of hydrogen-bond donors (Lipinski definition) is 1. The number of fused-ring (bicyclic) bond motifs is 1. The molecular weight excluding hydrogens is 421 g/mol. The molecule has 0 bridgehead atoms. The second-order valence-electron chi connectivity index (χ2n) is 6.54. The van der Waals surface area contributed by atoms with Crippen LogP contribution >= 0.6 is 11.6 Å². The summed E-state index contributed by atoms with van der Waals surface area (Å²) in [5, 5.41) is 7.81. The smallest absolute Gasteiger partial charge is 0.417 e. The summed E-state index contributed by atoms with van der Waals surface area (Å²) in [6, 6.07) is 11.0. The Morgan fingerprint density at radius 2 is 1.93 bits per heavy atom. The molecule has 0 radical (unpaired) electrons. The molecule has 0 amide bonds. The summed E-state index contributed by atoms with van der Waals surface area (Å²) in [7, 11) is 0. The molecule has 0 saturated carbocycles. The third-order valence-corrected chi connectivity index (χ3v) is 4.82. The Bertz CT molecular complexity index is 1230. The number of hydrogen-bond acceptors (Lipinski definition) is 5. The fourth-order valence-electron chi connectivity index (χ4n) is 2.90. The average molecular weight is 435 g/mol. The number of halogens is 4. The lowest BCUT2D eigenvalue weighted by molar-refractivity contribution is -0.137. The van der Waals surface area contributed by atoms with Gasteiger partial charge in [0.05, 0.1) is 23.5 Å². The van der Waals surface area contributed by atoms with E-state index < -0.39 is 17.3 Å². The first-order valence-corrected chi connectivity index (χ1v) is 9.18. The van der Waals surface area contributed by atoms with Crippen molar-refractivity contribution in [3.8, 4) is 5.82 Å². The molecule has 1 N–H and O–H groups in total. The number of benzene rings is 1. The molecule has 154 valence electrons. The lowest BCUT2D eigenvalue weighted by Gasteiger charge is -2.14. The fourth-order valence-corrected chi connectivity index (χ4v) is 3.08. The number of pyridine rings is 1. The highest BCUT2D eigenvalue weighted by molar-refractivity contribution is 6.33. The molecule has 0 aliphatic rings. The van der Waals surface area contributed by atoms with Crippen LogP contribution in [0, 0.1) is 0 Å². The Morgan fingerprint density at radius 3 is 2.60 bits per heavy atom.